The molecule has 1 aliphatic rings. The predicted octanol–water partition coefficient (Wildman–Crippen LogP) is 2.25. The fraction of sp³-hybridized carbons (Fsp3) is 0.900. The number of ether oxygens (including phenoxy) is 2. The average molecular weight is 186 g/mol. The second-order valence-corrected chi connectivity index (χ2v) is 3.43. The quantitative estimate of drug-likeness (QED) is 0.471. The molecule has 3 nitrogen and oxygen atoms in total. The molecule has 13 heavy (non-hydrogen) atoms. The number of hydrogen-bond acceptors (Lipinski definition) is 3. The lowest BCUT2D eigenvalue weighted by Crippen LogP contribution is -2.07. The van der Waals surface area contributed by atoms with Crippen molar-refractivity contribution in [2.24, 2.45) is 0 Å². The molecule has 1 heterocycles. The van der Waals surface area contributed by atoms with Crippen LogP contribution in [-0.4, -0.2) is 18.9 Å². The Hall–Kier alpha value is -0.570. The van der Waals surface area contributed by atoms with E-state index in [0.29, 0.717) is 0 Å². The molecule has 0 aromatic carbocycles. The number of unbranched alkanes of at least 4 members (excludes halogenated alkanes) is 4. The first-order valence-corrected chi connectivity index (χ1v) is 5.14. The van der Waals surface area contributed by atoms with Crippen LogP contribution in [0.4, 0.5) is 0 Å². The molecule has 1 aliphatic heterocycles. The van der Waals surface area contributed by atoms with Crippen molar-refractivity contribution < 1.29 is 14.3 Å². The molecular weight excluding hydrogens is 168 g/mol. The Kier molecular flexibility index (Phi) is 4.83. The lowest BCUT2D eigenvalue weighted by molar-refractivity contribution is -0.143. The highest BCUT2D eigenvalue weighted by Gasteiger charge is 2.22. The highest BCUT2D eigenvalue weighted by molar-refractivity contribution is 5.72. The van der Waals surface area contributed by atoms with Crippen molar-refractivity contribution in [2.45, 2.75) is 51.7 Å². The second kappa shape index (κ2) is 5.97. The lowest BCUT2D eigenvalue weighted by atomic mass is 10.1. The van der Waals surface area contributed by atoms with Crippen molar-refractivity contribution in [3.05, 3.63) is 0 Å². The van der Waals surface area contributed by atoms with Gasteiger partial charge in [-0.2, -0.15) is 0 Å². The third-order valence-electron chi connectivity index (χ3n) is 2.19. The van der Waals surface area contributed by atoms with Gasteiger partial charge in [0.1, 0.15) is 6.61 Å². The molecule has 0 N–H and O–H groups in total. The number of carbonyl (C=O) groups excluding carboxylic acids is 1. The fourth-order valence-corrected chi connectivity index (χ4v) is 1.43. The number of rotatable bonds is 6. The van der Waals surface area contributed by atoms with Crippen molar-refractivity contribution in [1.29, 1.82) is 0 Å². The molecule has 0 aliphatic carbocycles. The Balaban J connectivity index is 1.91. The highest BCUT2D eigenvalue weighted by atomic mass is 16.7. The molecule has 0 radical (unpaired) electrons. The van der Waals surface area contributed by atoms with Gasteiger partial charge in [0.2, 0.25) is 6.29 Å². The zero-order valence-electron chi connectivity index (χ0n) is 8.25. The van der Waals surface area contributed by atoms with E-state index in [2.05, 4.69) is 6.92 Å². The number of cyclic esters (lactones) is 1. The van der Waals surface area contributed by atoms with Gasteiger partial charge in [-0.1, -0.05) is 32.6 Å². The summed E-state index contributed by atoms with van der Waals surface area (Å²) >= 11 is 0. The van der Waals surface area contributed by atoms with Crippen molar-refractivity contribution in [2.75, 3.05) is 6.61 Å². The highest BCUT2D eigenvalue weighted by Crippen LogP contribution is 2.14. The van der Waals surface area contributed by atoms with Crippen LogP contribution in [-0.2, 0) is 14.3 Å². The third kappa shape index (κ3) is 4.27. The van der Waals surface area contributed by atoms with Gasteiger partial charge in [0.15, 0.2) is 0 Å². The van der Waals surface area contributed by atoms with Crippen LogP contribution in [0.25, 0.3) is 0 Å². The number of esters is 1. The van der Waals surface area contributed by atoms with Gasteiger partial charge in [-0.3, -0.25) is 0 Å². The maximum absolute atomic E-state index is 10.6. The summed E-state index contributed by atoms with van der Waals surface area (Å²) in [6.45, 7) is 2.33. The zero-order valence-corrected chi connectivity index (χ0v) is 8.25. The molecule has 0 aromatic heterocycles. The minimum Gasteiger partial charge on any atom is -0.434 e. The summed E-state index contributed by atoms with van der Waals surface area (Å²) in [4.78, 5) is 10.6. The molecule has 1 saturated heterocycles. The summed E-state index contributed by atoms with van der Waals surface area (Å²) in [7, 11) is 0. The first kappa shape index (κ1) is 10.5. The maximum atomic E-state index is 10.6. The van der Waals surface area contributed by atoms with Gasteiger partial charge >= 0.3 is 5.97 Å². The molecule has 0 bridgehead atoms. The van der Waals surface area contributed by atoms with Gasteiger partial charge < -0.3 is 9.47 Å². The summed E-state index contributed by atoms with van der Waals surface area (Å²) < 4.78 is 10.0. The van der Waals surface area contributed by atoms with Crippen LogP contribution < -0.4 is 0 Å². The van der Waals surface area contributed by atoms with E-state index in [9.17, 15) is 4.79 Å². The Morgan fingerprint density at radius 3 is 2.69 bits per heavy atom. The largest absolute Gasteiger partial charge is 0.434 e. The zero-order chi connectivity index (χ0) is 9.52. The van der Waals surface area contributed by atoms with Gasteiger partial charge in [-0.25, -0.2) is 4.79 Å². The molecule has 0 aromatic rings. The molecule has 3 heteroatoms. The van der Waals surface area contributed by atoms with E-state index in [0.717, 1.165) is 12.8 Å². The molecule has 0 amide bonds. The summed E-state index contributed by atoms with van der Waals surface area (Å²) in [6, 6.07) is 0. The van der Waals surface area contributed by atoms with E-state index in [1.165, 1.54) is 25.7 Å². The van der Waals surface area contributed by atoms with Gasteiger partial charge in [-0.15, -0.1) is 0 Å². The van der Waals surface area contributed by atoms with E-state index in [1.54, 1.807) is 0 Å². The summed E-state index contributed by atoms with van der Waals surface area (Å²) in [5.41, 5.74) is 0. The van der Waals surface area contributed by atoms with Crippen LogP contribution in [0, 0.1) is 0 Å². The van der Waals surface area contributed by atoms with E-state index in [1.807, 2.05) is 0 Å². The molecule has 1 atom stereocenters. The normalized spacial score (nSPS) is 21.9. The molecule has 0 spiro atoms. The number of carbonyl (C=O) groups is 1. The van der Waals surface area contributed by atoms with Crippen LogP contribution >= 0.6 is 0 Å². The smallest absolute Gasteiger partial charge is 0.334 e. The van der Waals surface area contributed by atoms with E-state index in [4.69, 9.17) is 9.47 Å². The molecule has 0 saturated carbocycles. The molecule has 1 unspecified atom stereocenters. The van der Waals surface area contributed by atoms with Crippen LogP contribution in [0.2, 0.25) is 0 Å². The SMILES string of the molecule is CCCCCCCC1OCC(=O)O1. The van der Waals surface area contributed by atoms with Crippen LogP contribution in [0.15, 0.2) is 0 Å². The van der Waals surface area contributed by atoms with Crippen LogP contribution in [0.1, 0.15) is 45.4 Å². The first-order valence-electron chi connectivity index (χ1n) is 5.14. The van der Waals surface area contributed by atoms with Gasteiger partial charge in [0.05, 0.1) is 0 Å². The van der Waals surface area contributed by atoms with Crippen molar-refractivity contribution in [1.82, 2.24) is 0 Å². The molecular formula is C10H18O3. The van der Waals surface area contributed by atoms with Crippen molar-refractivity contribution >= 4 is 5.97 Å². The average Bonchev–Trinajstić information content (AvgIpc) is 2.51. The van der Waals surface area contributed by atoms with Crippen LogP contribution in [0.3, 0.4) is 0 Å². The Labute approximate surface area is 79.4 Å². The fourth-order valence-electron chi connectivity index (χ4n) is 1.43. The van der Waals surface area contributed by atoms with Crippen molar-refractivity contribution in [3.63, 3.8) is 0 Å². The lowest BCUT2D eigenvalue weighted by Gasteiger charge is -2.07. The monoisotopic (exact) mass is 186 g/mol. The predicted molar refractivity (Wildman–Crippen MR) is 49.2 cm³/mol. The summed E-state index contributed by atoms with van der Waals surface area (Å²) in [5.74, 6) is -0.224. The second-order valence-electron chi connectivity index (χ2n) is 3.43. The van der Waals surface area contributed by atoms with Gasteiger partial charge in [0.25, 0.3) is 0 Å². The molecule has 76 valence electrons. The third-order valence-corrected chi connectivity index (χ3v) is 2.19. The first-order chi connectivity index (χ1) is 6.33. The van der Waals surface area contributed by atoms with E-state index in [-0.39, 0.29) is 18.9 Å². The van der Waals surface area contributed by atoms with Gasteiger partial charge in [0, 0.05) is 6.42 Å². The summed E-state index contributed by atoms with van der Waals surface area (Å²) in [6.07, 6.45) is 6.74. The summed E-state index contributed by atoms with van der Waals surface area (Å²) in [5, 5.41) is 0. The van der Waals surface area contributed by atoms with E-state index < -0.39 is 0 Å². The molecule has 1 fully saturated rings. The van der Waals surface area contributed by atoms with E-state index >= 15 is 0 Å². The van der Waals surface area contributed by atoms with Crippen molar-refractivity contribution in [3.8, 4) is 0 Å². The Bertz CT molecular complexity index is 156. The topological polar surface area (TPSA) is 35.5 Å². The Morgan fingerprint density at radius 1 is 1.31 bits per heavy atom. The Morgan fingerprint density at radius 2 is 2.08 bits per heavy atom. The molecule has 1 rings (SSSR count). The minimum absolute atomic E-state index is 0.139. The number of hydrogen-bond donors (Lipinski definition) is 0. The van der Waals surface area contributed by atoms with Gasteiger partial charge in [-0.05, 0) is 6.42 Å². The standard InChI is InChI=1S/C10H18O3/c1-2-3-4-5-6-7-10-12-8-9(11)13-10/h10H,2-8H2,1H3. The minimum atomic E-state index is -0.255. The maximum Gasteiger partial charge on any atom is 0.334 e. The van der Waals surface area contributed by atoms with Crippen LogP contribution in [0.5, 0.6) is 0 Å².